The van der Waals surface area contributed by atoms with Crippen molar-refractivity contribution in [2.45, 2.75) is 69.1 Å². The first-order valence-corrected chi connectivity index (χ1v) is 12.0. The summed E-state index contributed by atoms with van der Waals surface area (Å²) < 4.78 is 11.7. The molecule has 0 spiro atoms. The second kappa shape index (κ2) is 8.87. The molecule has 5 rings (SSSR count). The van der Waals surface area contributed by atoms with Gasteiger partial charge in [0, 0.05) is 5.92 Å². The summed E-state index contributed by atoms with van der Waals surface area (Å²) in [4.78, 5) is 15.1. The second-order valence-electron chi connectivity index (χ2n) is 9.65. The Morgan fingerprint density at radius 1 is 1.03 bits per heavy atom. The lowest BCUT2D eigenvalue weighted by Gasteiger charge is -2.51. The molecule has 5 nitrogen and oxygen atoms in total. The van der Waals surface area contributed by atoms with Gasteiger partial charge in [0.25, 0.3) is 0 Å². The molecule has 1 aliphatic carbocycles. The average Bonchev–Trinajstić information content (AvgIpc) is 3.11. The van der Waals surface area contributed by atoms with E-state index in [0.29, 0.717) is 32.7 Å². The Morgan fingerprint density at radius 2 is 1.62 bits per heavy atom. The number of rotatable bonds is 6. The lowest BCUT2D eigenvalue weighted by molar-refractivity contribution is -0.135. The van der Waals surface area contributed by atoms with E-state index in [9.17, 15) is 9.90 Å². The van der Waals surface area contributed by atoms with Gasteiger partial charge in [0.2, 0.25) is 0 Å². The van der Waals surface area contributed by atoms with Gasteiger partial charge in [-0.15, -0.1) is 0 Å². The molecule has 2 aliphatic heterocycles. The van der Waals surface area contributed by atoms with Crippen LogP contribution in [0.2, 0.25) is 0 Å². The number of amides is 1. The van der Waals surface area contributed by atoms with Crippen LogP contribution >= 0.6 is 0 Å². The molecule has 0 saturated carbocycles. The maximum Gasteiger partial charge on any atom is 0.410 e. The van der Waals surface area contributed by atoms with Crippen molar-refractivity contribution >= 4 is 6.09 Å². The summed E-state index contributed by atoms with van der Waals surface area (Å²) in [6, 6.07) is 16.5. The van der Waals surface area contributed by atoms with Gasteiger partial charge in [-0.2, -0.15) is 0 Å². The highest BCUT2D eigenvalue weighted by molar-refractivity contribution is 5.79. The lowest BCUT2D eigenvalue weighted by atomic mass is 9.78. The fourth-order valence-corrected chi connectivity index (χ4v) is 5.95. The largest absolute Gasteiger partial charge is 0.448 e. The van der Waals surface area contributed by atoms with Gasteiger partial charge in [-0.05, 0) is 41.5 Å². The van der Waals surface area contributed by atoms with Gasteiger partial charge in [-0.25, -0.2) is 4.79 Å². The highest BCUT2D eigenvalue weighted by Crippen LogP contribution is 2.45. The number of hydrogen-bond acceptors (Lipinski definition) is 4. The molecule has 2 fully saturated rings. The number of unbranched alkanes of at least 4 members (excludes halogenated alkanes) is 2. The molecular formula is C27H33NO4. The third kappa shape index (κ3) is 3.93. The zero-order chi connectivity index (χ0) is 22.1. The minimum absolute atomic E-state index is 0.0539. The maximum absolute atomic E-state index is 13.2. The zero-order valence-electron chi connectivity index (χ0n) is 18.8. The molecule has 2 atom stereocenters. The van der Waals surface area contributed by atoms with Crippen LogP contribution in [0.5, 0.6) is 0 Å². The first-order valence-electron chi connectivity index (χ1n) is 12.0. The van der Waals surface area contributed by atoms with Crippen molar-refractivity contribution in [2.75, 3.05) is 19.8 Å². The summed E-state index contributed by atoms with van der Waals surface area (Å²) in [6.45, 7) is 3.43. The summed E-state index contributed by atoms with van der Waals surface area (Å²) in [7, 11) is 0. The van der Waals surface area contributed by atoms with Gasteiger partial charge < -0.3 is 14.6 Å². The van der Waals surface area contributed by atoms with Crippen LogP contribution in [0.4, 0.5) is 4.79 Å². The van der Waals surface area contributed by atoms with Gasteiger partial charge in [0.1, 0.15) is 6.61 Å². The van der Waals surface area contributed by atoms with Crippen LogP contribution in [0, 0.1) is 0 Å². The molecule has 0 radical (unpaired) electrons. The molecule has 2 bridgehead atoms. The topological polar surface area (TPSA) is 59.0 Å². The van der Waals surface area contributed by atoms with Crippen LogP contribution in [0.1, 0.15) is 62.5 Å². The molecule has 0 aromatic heterocycles. The van der Waals surface area contributed by atoms with Gasteiger partial charge in [-0.1, -0.05) is 74.7 Å². The number of carbonyl (C=O) groups is 1. The quantitative estimate of drug-likeness (QED) is 0.641. The van der Waals surface area contributed by atoms with E-state index in [2.05, 4.69) is 43.3 Å². The zero-order valence-corrected chi connectivity index (χ0v) is 18.8. The number of ether oxygens (including phenoxy) is 2. The van der Waals surface area contributed by atoms with Gasteiger partial charge in [0.15, 0.2) is 0 Å². The van der Waals surface area contributed by atoms with Crippen molar-refractivity contribution in [1.82, 2.24) is 4.90 Å². The Hall–Kier alpha value is -2.37. The van der Waals surface area contributed by atoms with E-state index in [1.807, 2.05) is 17.0 Å². The summed E-state index contributed by atoms with van der Waals surface area (Å²) in [5.74, 6) is 0.0539. The third-order valence-electron chi connectivity index (χ3n) is 7.43. The van der Waals surface area contributed by atoms with Crippen LogP contribution < -0.4 is 0 Å². The van der Waals surface area contributed by atoms with Crippen LogP contribution in [-0.2, 0) is 9.47 Å². The van der Waals surface area contributed by atoms with Gasteiger partial charge >= 0.3 is 6.09 Å². The smallest absolute Gasteiger partial charge is 0.410 e. The molecule has 5 heteroatoms. The number of hydrogen-bond donors (Lipinski definition) is 1. The molecular weight excluding hydrogens is 402 g/mol. The molecule has 32 heavy (non-hydrogen) atoms. The Labute approximate surface area is 190 Å². The van der Waals surface area contributed by atoms with Gasteiger partial charge in [-0.3, -0.25) is 4.90 Å². The fourth-order valence-electron chi connectivity index (χ4n) is 5.95. The van der Waals surface area contributed by atoms with Crippen molar-refractivity contribution in [2.24, 2.45) is 0 Å². The van der Waals surface area contributed by atoms with E-state index in [0.717, 1.165) is 25.7 Å². The van der Waals surface area contributed by atoms with E-state index in [4.69, 9.17) is 9.47 Å². The minimum atomic E-state index is -0.700. The predicted molar refractivity (Wildman–Crippen MR) is 124 cm³/mol. The highest BCUT2D eigenvalue weighted by atomic mass is 16.6. The summed E-state index contributed by atoms with van der Waals surface area (Å²) in [5, 5.41) is 11.2. The summed E-state index contributed by atoms with van der Waals surface area (Å²) in [5.41, 5.74) is 4.19. The minimum Gasteiger partial charge on any atom is -0.448 e. The number of benzene rings is 2. The van der Waals surface area contributed by atoms with Crippen molar-refractivity contribution < 1.29 is 19.4 Å². The number of piperidine rings is 1. The number of nitrogens with zero attached hydrogens (tertiary/aromatic N) is 1. The highest BCUT2D eigenvalue weighted by Gasteiger charge is 2.48. The molecule has 1 amide bonds. The maximum atomic E-state index is 13.2. The molecule has 2 aromatic carbocycles. The molecule has 3 aliphatic rings. The lowest BCUT2D eigenvalue weighted by Crippen LogP contribution is -2.63. The fraction of sp³-hybridized carbons (Fsp3) is 0.519. The number of morpholine rings is 1. The van der Waals surface area contributed by atoms with Crippen LogP contribution in [0.3, 0.4) is 0 Å². The van der Waals surface area contributed by atoms with E-state index in [-0.39, 0.29) is 24.1 Å². The molecule has 2 heterocycles. The number of fused-ring (bicyclic) bond motifs is 5. The summed E-state index contributed by atoms with van der Waals surface area (Å²) in [6.07, 6.45) is 4.95. The van der Waals surface area contributed by atoms with Crippen molar-refractivity contribution in [3.05, 3.63) is 59.7 Å². The van der Waals surface area contributed by atoms with E-state index in [1.165, 1.54) is 22.3 Å². The standard InChI is InChI=1S/C27H33NO4/c1-2-3-8-13-27(30)14-19-16-31-17-20(15-27)28(19)26(29)32-18-25-23-11-6-4-9-21(23)22-10-5-7-12-24(22)25/h4-7,9-12,19-20,25,30H,2-3,8,13-18H2,1H3. The number of carbonyl (C=O) groups excluding carboxylic acids is 1. The molecule has 2 saturated heterocycles. The van der Waals surface area contributed by atoms with Gasteiger partial charge in [0.05, 0.1) is 30.9 Å². The van der Waals surface area contributed by atoms with Crippen molar-refractivity contribution in [3.63, 3.8) is 0 Å². The molecule has 1 N–H and O–H groups in total. The molecule has 170 valence electrons. The van der Waals surface area contributed by atoms with Crippen molar-refractivity contribution in [1.29, 1.82) is 0 Å². The Kier molecular flexibility index (Phi) is 5.95. The average molecular weight is 436 g/mol. The third-order valence-corrected chi connectivity index (χ3v) is 7.43. The molecule has 2 aromatic rings. The Bertz CT molecular complexity index is 914. The SMILES string of the molecule is CCCCCC1(O)CC2COCC(C1)N2C(=O)OCC1c2ccccc2-c2ccccc21. The van der Waals surface area contributed by atoms with E-state index >= 15 is 0 Å². The van der Waals surface area contributed by atoms with E-state index < -0.39 is 5.60 Å². The number of aliphatic hydroxyl groups is 1. The van der Waals surface area contributed by atoms with Crippen molar-refractivity contribution in [3.8, 4) is 11.1 Å². The van der Waals surface area contributed by atoms with Crippen LogP contribution in [0.15, 0.2) is 48.5 Å². The Morgan fingerprint density at radius 3 is 2.22 bits per heavy atom. The van der Waals surface area contributed by atoms with Crippen LogP contribution in [-0.4, -0.2) is 53.6 Å². The van der Waals surface area contributed by atoms with E-state index in [1.54, 1.807) is 0 Å². The monoisotopic (exact) mass is 435 g/mol. The normalized spacial score (nSPS) is 26.5. The predicted octanol–water partition coefficient (Wildman–Crippen LogP) is 5.11. The first kappa shape index (κ1) is 21.5. The Balaban J connectivity index is 1.28. The summed E-state index contributed by atoms with van der Waals surface area (Å²) >= 11 is 0. The second-order valence-corrected chi connectivity index (χ2v) is 9.65. The van der Waals surface area contributed by atoms with Crippen LogP contribution in [0.25, 0.3) is 11.1 Å². The first-order chi connectivity index (χ1) is 15.6. The molecule has 2 unspecified atom stereocenters.